The first-order chi connectivity index (χ1) is 20.8. The lowest BCUT2D eigenvalue weighted by Gasteiger charge is -2.39. The van der Waals surface area contributed by atoms with Gasteiger partial charge in [0.15, 0.2) is 0 Å². The van der Waals surface area contributed by atoms with Gasteiger partial charge in [0.2, 0.25) is 0 Å². The molecule has 0 heterocycles. The van der Waals surface area contributed by atoms with E-state index in [1.807, 2.05) is 0 Å². The molecule has 2 atom stereocenters. The van der Waals surface area contributed by atoms with Crippen LogP contribution in [0.1, 0.15) is 36.0 Å². The summed E-state index contributed by atoms with van der Waals surface area (Å²) < 4.78 is 126. The summed E-state index contributed by atoms with van der Waals surface area (Å²) in [5.74, 6) is -1.76. The van der Waals surface area contributed by atoms with Crippen LogP contribution in [0.15, 0.2) is 72.3 Å². The van der Waals surface area contributed by atoms with Crippen molar-refractivity contribution < 1.29 is 63.7 Å². The monoisotopic (exact) mass is 654 g/mol. The van der Waals surface area contributed by atoms with Gasteiger partial charge in [-0.2, -0.15) is 13.2 Å². The molecule has 2 aromatic carbocycles. The highest BCUT2D eigenvalue weighted by atomic mass is 19.4. The second-order valence-corrected chi connectivity index (χ2v) is 10.0. The fourth-order valence-corrected chi connectivity index (χ4v) is 4.70. The van der Waals surface area contributed by atoms with Crippen molar-refractivity contribution >= 4 is 12.0 Å². The minimum atomic E-state index is -5.15. The van der Waals surface area contributed by atoms with E-state index in [9.17, 15) is 49.1 Å². The zero-order valence-corrected chi connectivity index (χ0v) is 23.2. The maximum absolute atomic E-state index is 13.1. The van der Waals surface area contributed by atoms with Crippen LogP contribution >= 0.6 is 0 Å². The van der Waals surface area contributed by atoms with E-state index < -0.39 is 54.8 Å². The number of carbonyl (C=O) groups excluding carboxylic acids is 1. The van der Waals surface area contributed by atoms with Crippen molar-refractivity contribution in [3.8, 4) is 5.75 Å². The van der Waals surface area contributed by atoms with Gasteiger partial charge in [-0.3, -0.25) is 9.53 Å². The van der Waals surface area contributed by atoms with Crippen LogP contribution in [0, 0.1) is 0 Å². The number of carboxylic acid groups (broad SMARTS) is 1. The minimum Gasteiger partial charge on any atom is -0.481 e. The van der Waals surface area contributed by atoms with Crippen LogP contribution in [0.25, 0.3) is 0 Å². The van der Waals surface area contributed by atoms with Gasteiger partial charge in [-0.25, -0.2) is 4.79 Å². The first kappa shape index (κ1) is 35.3. The summed E-state index contributed by atoms with van der Waals surface area (Å²) in [6, 6.07) is 9.00. The Labute approximate surface area is 250 Å². The summed E-state index contributed by atoms with van der Waals surface area (Å²) in [4.78, 5) is 23.7. The SMILES string of the molecule is O=C(O)CCCc1ccc(CC(NC(=O)NCC(F)(F)F)(C2=CC(OC(F)(F)F)CC=C2)c2cccc(OC(F)(F)F)c2)cc1. The van der Waals surface area contributed by atoms with Crippen LogP contribution in [0.5, 0.6) is 5.75 Å². The molecule has 7 nitrogen and oxygen atoms in total. The molecule has 0 bridgehead atoms. The van der Waals surface area contributed by atoms with Crippen molar-refractivity contribution in [2.24, 2.45) is 0 Å². The van der Waals surface area contributed by atoms with Gasteiger partial charge in [0, 0.05) is 12.8 Å². The molecule has 2 amide bonds. The summed E-state index contributed by atoms with van der Waals surface area (Å²) in [5.41, 5.74) is -1.28. The number of aliphatic carboxylic acids is 1. The summed E-state index contributed by atoms with van der Waals surface area (Å²) >= 11 is 0. The lowest BCUT2D eigenvalue weighted by atomic mass is 9.75. The molecule has 0 radical (unpaired) electrons. The first-order valence-corrected chi connectivity index (χ1v) is 13.3. The number of nitrogens with one attached hydrogen (secondary N) is 2. The van der Waals surface area contributed by atoms with Crippen molar-refractivity contribution in [2.75, 3.05) is 6.54 Å². The van der Waals surface area contributed by atoms with Crippen LogP contribution in [0.4, 0.5) is 44.3 Å². The molecule has 0 spiro atoms. The molecule has 16 heteroatoms. The molecule has 0 aromatic heterocycles. The zero-order valence-electron chi connectivity index (χ0n) is 23.2. The van der Waals surface area contributed by atoms with Crippen molar-refractivity contribution in [2.45, 2.75) is 62.6 Å². The molecular weight excluding hydrogens is 627 g/mol. The number of amides is 2. The second kappa shape index (κ2) is 14.3. The largest absolute Gasteiger partial charge is 0.573 e. The van der Waals surface area contributed by atoms with Crippen LogP contribution in [-0.2, 0) is 27.9 Å². The average Bonchev–Trinajstić information content (AvgIpc) is 2.90. The highest BCUT2D eigenvalue weighted by Crippen LogP contribution is 2.39. The van der Waals surface area contributed by atoms with E-state index in [0.717, 1.165) is 24.3 Å². The van der Waals surface area contributed by atoms with E-state index >= 15 is 0 Å². The number of hydrogen-bond acceptors (Lipinski definition) is 4. The topological polar surface area (TPSA) is 96.9 Å². The van der Waals surface area contributed by atoms with Gasteiger partial charge < -0.3 is 20.5 Å². The molecule has 0 aliphatic heterocycles. The Kier molecular flexibility index (Phi) is 11.2. The van der Waals surface area contributed by atoms with E-state index in [2.05, 4.69) is 14.8 Å². The summed E-state index contributed by atoms with van der Waals surface area (Å²) in [5, 5.41) is 12.8. The molecule has 0 saturated heterocycles. The number of carbonyl (C=O) groups is 2. The molecule has 2 aromatic rings. The number of rotatable bonds is 12. The Morgan fingerprint density at radius 1 is 0.911 bits per heavy atom. The first-order valence-electron chi connectivity index (χ1n) is 13.3. The van der Waals surface area contributed by atoms with Crippen LogP contribution < -0.4 is 15.4 Å². The fourth-order valence-electron chi connectivity index (χ4n) is 4.70. The van der Waals surface area contributed by atoms with Crippen molar-refractivity contribution in [1.82, 2.24) is 10.6 Å². The third-order valence-electron chi connectivity index (χ3n) is 6.49. The third kappa shape index (κ3) is 11.7. The molecule has 1 aliphatic carbocycles. The van der Waals surface area contributed by atoms with Gasteiger partial charge in [-0.15, -0.1) is 26.3 Å². The third-order valence-corrected chi connectivity index (χ3v) is 6.49. The molecule has 2 unspecified atom stereocenters. The maximum Gasteiger partial charge on any atom is 0.573 e. The lowest BCUT2D eigenvalue weighted by Crippen LogP contribution is -2.54. The normalized spacial score (nSPS) is 16.8. The summed E-state index contributed by atoms with van der Waals surface area (Å²) in [7, 11) is 0. The van der Waals surface area contributed by atoms with Crippen LogP contribution in [-0.4, -0.2) is 48.7 Å². The lowest BCUT2D eigenvalue weighted by molar-refractivity contribution is -0.336. The van der Waals surface area contributed by atoms with E-state index in [1.165, 1.54) is 30.4 Å². The average molecular weight is 655 g/mol. The number of halogens is 9. The number of alkyl halides is 9. The van der Waals surface area contributed by atoms with Crippen molar-refractivity contribution in [1.29, 1.82) is 0 Å². The number of ether oxygens (including phenoxy) is 2. The Morgan fingerprint density at radius 2 is 1.58 bits per heavy atom. The highest BCUT2D eigenvalue weighted by molar-refractivity contribution is 5.76. The molecule has 246 valence electrons. The van der Waals surface area contributed by atoms with Gasteiger partial charge in [0.05, 0.1) is 11.6 Å². The highest BCUT2D eigenvalue weighted by Gasteiger charge is 2.42. The standard InChI is InChI=1S/C29H27F9N2O5/c30-27(31,32)17-39-25(43)40-26(20-5-2-7-22(14-20)44-28(33,34)35,21-6-3-8-23(15-21)45-29(36,37)38)16-19-12-10-18(11-13-19)4-1-9-24(41)42/h2-3,5-7,10-15,23H,1,4,8-9,16-17H2,(H,41,42)(H2,39,40,43). The number of urea groups is 1. The van der Waals surface area contributed by atoms with Gasteiger partial charge in [0.25, 0.3) is 0 Å². The van der Waals surface area contributed by atoms with Crippen molar-refractivity contribution in [3.63, 3.8) is 0 Å². The number of benzene rings is 2. The Morgan fingerprint density at radius 3 is 2.18 bits per heavy atom. The zero-order chi connectivity index (χ0) is 33.5. The fraction of sp³-hybridized carbons (Fsp3) is 0.379. The summed E-state index contributed by atoms with van der Waals surface area (Å²) in [6.45, 7) is -1.79. The molecule has 0 fully saturated rings. The maximum atomic E-state index is 13.1. The van der Waals surface area contributed by atoms with E-state index in [1.54, 1.807) is 17.4 Å². The van der Waals surface area contributed by atoms with E-state index in [-0.39, 0.29) is 30.4 Å². The van der Waals surface area contributed by atoms with Crippen molar-refractivity contribution in [3.05, 3.63) is 89.0 Å². The predicted octanol–water partition coefficient (Wildman–Crippen LogP) is 7.08. The van der Waals surface area contributed by atoms with Gasteiger partial charge >= 0.3 is 30.9 Å². The second-order valence-electron chi connectivity index (χ2n) is 10.0. The summed E-state index contributed by atoms with van der Waals surface area (Å²) in [6.07, 6.45) is -13.2. The smallest absolute Gasteiger partial charge is 0.481 e. The number of hydrogen-bond donors (Lipinski definition) is 3. The van der Waals surface area contributed by atoms with E-state index in [4.69, 9.17) is 5.11 Å². The molecular formula is C29H27F9N2O5. The number of carboxylic acids is 1. The predicted molar refractivity (Wildman–Crippen MR) is 141 cm³/mol. The van der Waals surface area contributed by atoms with Crippen LogP contribution in [0.3, 0.4) is 0 Å². The molecule has 3 N–H and O–H groups in total. The Hall–Kier alpha value is -4.21. The van der Waals surface area contributed by atoms with E-state index in [0.29, 0.717) is 24.0 Å². The number of aryl methyl sites for hydroxylation is 1. The van der Waals surface area contributed by atoms with Gasteiger partial charge in [-0.05, 0) is 59.7 Å². The molecule has 45 heavy (non-hydrogen) atoms. The Balaban J connectivity index is 2.15. The van der Waals surface area contributed by atoms with Crippen LogP contribution in [0.2, 0.25) is 0 Å². The van der Waals surface area contributed by atoms with Gasteiger partial charge in [-0.1, -0.05) is 48.6 Å². The quantitative estimate of drug-likeness (QED) is 0.213. The Bertz CT molecular complexity index is 1390. The minimum absolute atomic E-state index is 0.0974. The van der Waals surface area contributed by atoms with Gasteiger partial charge in [0.1, 0.15) is 12.3 Å². The molecule has 0 saturated carbocycles. The molecule has 1 aliphatic rings. The molecule has 3 rings (SSSR count).